The summed E-state index contributed by atoms with van der Waals surface area (Å²) in [7, 11) is 0. The van der Waals surface area contributed by atoms with Crippen molar-refractivity contribution in [1.82, 2.24) is 15.1 Å². The predicted molar refractivity (Wildman–Crippen MR) is 88.4 cm³/mol. The number of nitrogens with zero attached hydrogens (tertiary/aromatic N) is 4. The Bertz CT molecular complexity index is 888. The summed E-state index contributed by atoms with van der Waals surface area (Å²) in [6.45, 7) is 2.61. The Hall–Kier alpha value is -3.22. The maximum atomic E-state index is 12.1. The summed E-state index contributed by atoms with van der Waals surface area (Å²) in [5, 5.41) is 6.35. The van der Waals surface area contributed by atoms with Gasteiger partial charge < -0.3 is 14.7 Å². The van der Waals surface area contributed by atoms with Crippen LogP contribution in [0.15, 0.2) is 47.2 Å². The number of aromatic nitrogens is 3. The number of carbonyl (C=O) groups excluding carboxylic acids is 1. The molecule has 0 fully saturated rings. The molecule has 7 heteroatoms. The van der Waals surface area contributed by atoms with Gasteiger partial charge in [0.1, 0.15) is 11.5 Å². The van der Waals surface area contributed by atoms with Crippen molar-refractivity contribution in [2.75, 3.05) is 16.8 Å². The van der Waals surface area contributed by atoms with E-state index in [2.05, 4.69) is 37.5 Å². The van der Waals surface area contributed by atoms with E-state index >= 15 is 0 Å². The molecule has 0 aliphatic carbocycles. The Kier molecular flexibility index (Phi) is 3.45. The van der Waals surface area contributed by atoms with Gasteiger partial charge in [0.2, 0.25) is 0 Å². The highest BCUT2D eigenvalue weighted by molar-refractivity contribution is 6.02. The third-order valence-electron chi connectivity index (χ3n) is 3.90. The molecule has 1 amide bonds. The molecule has 0 spiro atoms. The Balaban J connectivity index is 1.52. The number of benzene rings is 1. The summed E-state index contributed by atoms with van der Waals surface area (Å²) in [5.41, 5.74) is 2.66. The molecule has 0 radical (unpaired) electrons. The number of carbonyl (C=O) groups is 1. The quantitative estimate of drug-likeness (QED) is 0.798. The van der Waals surface area contributed by atoms with Gasteiger partial charge >= 0.3 is 0 Å². The Morgan fingerprint density at radius 3 is 2.88 bits per heavy atom. The van der Waals surface area contributed by atoms with E-state index < -0.39 is 0 Å². The smallest absolute Gasteiger partial charge is 0.277 e. The molecule has 0 saturated heterocycles. The lowest BCUT2D eigenvalue weighted by Gasteiger charge is -2.17. The summed E-state index contributed by atoms with van der Waals surface area (Å²) >= 11 is 0. The highest BCUT2D eigenvalue weighted by Crippen LogP contribution is 2.32. The zero-order valence-corrected chi connectivity index (χ0v) is 13.1. The molecule has 2 aromatic heterocycles. The molecule has 7 nitrogen and oxygen atoms in total. The monoisotopic (exact) mass is 321 g/mol. The normalized spacial score (nSPS) is 13.0. The summed E-state index contributed by atoms with van der Waals surface area (Å²) in [6, 6.07) is 9.86. The first-order chi connectivity index (χ1) is 11.7. The fraction of sp³-hybridized carbons (Fsp3) is 0.176. The van der Waals surface area contributed by atoms with Crippen LogP contribution in [-0.2, 0) is 6.42 Å². The second-order valence-electron chi connectivity index (χ2n) is 5.57. The maximum Gasteiger partial charge on any atom is 0.277 e. The lowest BCUT2D eigenvalue weighted by atomic mass is 10.2. The van der Waals surface area contributed by atoms with Crippen molar-refractivity contribution in [2.45, 2.75) is 13.3 Å². The molecular formula is C17H15N5O2. The molecule has 0 saturated carbocycles. The first kappa shape index (κ1) is 14.4. The van der Waals surface area contributed by atoms with Crippen LogP contribution in [0.4, 0.5) is 17.3 Å². The van der Waals surface area contributed by atoms with Crippen molar-refractivity contribution >= 4 is 23.2 Å². The van der Waals surface area contributed by atoms with Crippen molar-refractivity contribution < 1.29 is 9.32 Å². The maximum absolute atomic E-state index is 12.1. The minimum absolute atomic E-state index is 0.229. The van der Waals surface area contributed by atoms with Crippen molar-refractivity contribution in [3.8, 4) is 0 Å². The van der Waals surface area contributed by atoms with Crippen LogP contribution >= 0.6 is 0 Å². The van der Waals surface area contributed by atoms with Gasteiger partial charge in [-0.15, -0.1) is 0 Å². The number of para-hydroxylation sites is 1. The molecule has 4 rings (SSSR count). The van der Waals surface area contributed by atoms with Crippen molar-refractivity contribution in [3.05, 3.63) is 59.7 Å². The third kappa shape index (κ3) is 2.60. The van der Waals surface area contributed by atoms with E-state index in [0.29, 0.717) is 11.6 Å². The van der Waals surface area contributed by atoms with Crippen LogP contribution in [0, 0.1) is 6.92 Å². The molecule has 1 N–H and O–H groups in total. The number of aryl methyl sites for hydroxylation is 1. The van der Waals surface area contributed by atoms with E-state index in [1.807, 2.05) is 12.1 Å². The van der Waals surface area contributed by atoms with E-state index in [9.17, 15) is 4.79 Å². The van der Waals surface area contributed by atoms with E-state index in [4.69, 9.17) is 4.52 Å². The second-order valence-corrected chi connectivity index (χ2v) is 5.57. The SMILES string of the molecule is Cc1cc(NC(=O)c2cnc(N3CCc4ccccc43)cn2)no1. The van der Waals surface area contributed by atoms with E-state index in [1.165, 1.54) is 11.8 Å². The molecule has 3 aromatic rings. The molecule has 3 heterocycles. The van der Waals surface area contributed by atoms with E-state index in [-0.39, 0.29) is 11.6 Å². The number of hydrogen-bond acceptors (Lipinski definition) is 6. The van der Waals surface area contributed by atoms with Crippen LogP contribution in [0.2, 0.25) is 0 Å². The summed E-state index contributed by atoms with van der Waals surface area (Å²) in [5.74, 6) is 1.34. The minimum Gasteiger partial charge on any atom is -0.360 e. The molecular weight excluding hydrogens is 306 g/mol. The third-order valence-corrected chi connectivity index (χ3v) is 3.90. The molecule has 1 aliphatic rings. The largest absolute Gasteiger partial charge is 0.360 e. The minimum atomic E-state index is -0.371. The zero-order chi connectivity index (χ0) is 16.5. The number of amides is 1. The summed E-state index contributed by atoms with van der Waals surface area (Å²) < 4.78 is 4.91. The van der Waals surface area contributed by atoms with E-state index in [1.54, 1.807) is 19.2 Å². The first-order valence-corrected chi connectivity index (χ1v) is 7.63. The molecule has 0 bridgehead atoms. The molecule has 24 heavy (non-hydrogen) atoms. The average molecular weight is 321 g/mol. The topological polar surface area (TPSA) is 84.2 Å². The molecule has 0 atom stereocenters. The predicted octanol–water partition coefficient (Wildman–Crippen LogP) is 2.72. The number of fused-ring (bicyclic) bond motifs is 1. The van der Waals surface area contributed by atoms with Gasteiger partial charge in [-0.25, -0.2) is 9.97 Å². The summed E-state index contributed by atoms with van der Waals surface area (Å²) in [4.78, 5) is 22.9. The van der Waals surface area contributed by atoms with Gasteiger partial charge in [0.05, 0.1) is 12.4 Å². The lowest BCUT2D eigenvalue weighted by Crippen LogP contribution is -2.18. The Labute approximate surface area is 138 Å². The molecule has 1 aromatic carbocycles. The number of nitrogens with one attached hydrogen (secondary N) is 1. The Morgan fingerprint density at radius 1 is 1.25 bits per heavy atom. The van der Waals surface area contributed by atoms with Gasteiger partial charge in [-0.1, -0.05) is 23.4 Å². The average Bonchev–Trinajstić information content (AvgIpc) is 3.21. The van der Waals surface area contributed by atoms with Crippen LogP contribution in [0.25, 0.3) is 0 Å². The van der Waals surface area contributed by atoms with Gasteiger partial charge in [-0.05, 0) is 25.0 Å². The van der Waals surface area contributed by atoms with Crippen LogP contribution < -0.4 is 10.2 Å². The van der Waals surface area contributed by atoms with Gasteiger partial charge in [-0.3, -0.25) is 4.79 Å². The van der Waals surface area contributed by atoms with Gasteiger partial charge in [0.25, 0.3) is 5.91 Å². The highest BCUT2D eigenvalue weighted by atomic mass is 16.5. The zero-order valence-electron chi connectivity index (χ0n) is 13.1. The van der Waals surface area contributed by atoms with E-state index in [0.717, 1.165) is 24.5 Å². The fourth-order valence-electron chi connectivity index (χ4n) is 2.76. The second kappa shape index (κ2) is 5.77. The number of hydrogen-bond donors (Lipinski definition) is 1. The lowest BCUT2D eigenvalue weighted by molar-refractivity contribution is 0.102. The number of anilines is 3. The molecule has 1 aliphatic heterocycles. The van der Waals surface area contributed by atoms with Crippen molar-refractivity contribution in [1.29, 1.82) is 0 Å². The Morgan fingerprint density at radius 2 is 2.12 bits per heavy atom. The number of rotatable bonds is 3. The van der Waals surface area contributed by atoms with Gasteiger partial charge in [0, 0.05) is 18.3 Å². The van der Waals surface area contributed by atoms with Crippen LogP contribution in [0.3, 0.4) is 0 Å². The standard InChI is InChI=1S/C17H15N5O2/c1-11-8-15(21-24-11)20-17(23)13-9-19-16(10-18-13)22-7-6-12-4-2-3-5-14(12)22/h2-5,8-10H,6-7H2,1H3,(H,20,21,23). The highest BCUT2D eigenvalue weighted by Gasteiger charge is 2.21. The van der Waals surface area contributed by atoms with Crippen LogP contribution in [-0.4, -0.2) is 27.6 Å². The fourth-order valence-corrected chi connectivity index (χ4v) is 2.76. The van der Waals surface area contributed by atoms with Crippen molar-refractivity contribution in [3.63, 3.8) is 0 Å². The van der Waals surface area contributed by atoms with Gasteiger partial charge in [0.15, 0.2) is 11.6 Å². The molecule has 120 valence electrons. The van der Waals surface area contributed by atoms with Crippen molar-refractivity contribution in [2.24, 2.45) is 0 Å². The van der Waals surface area contributed by atoms with Crippen LogP contribution in [0.5, 0.6) is 0 Å². The van der Waals surface area contributed by atoms with Crippen LogP contribution in [0.1, 0.15) is 21.8 Å². The first-order valence-electron chi connectivity index (χ1n) is 7.63. The van der Waals surface area contributed by atoms with Gasteiger partial charge in [-0.2, -0.15) is 0 Å². The molecule has 0 unspecified atom stereocenters. The summed E-state index contributed by atoms with van der Waals surface area (Å²) in [6.07, 6.45) is 4.06.